The van der Waals surface area contributed by atoms with Crippen LogP contribution in [0.25, 0.3) is 0 Å². The Morgan fingerprint density at radius 2 is 1.74 bits per heavy atom. The molecule has 1 aliphatic heterocycles. The van der Waals surface area contributed by atoms with Crippen LogP contribution >= 0.6 is 0 Å². The lowest BCUT2D eigenvalue weighted by Gasteiger charge is -2.32. The van der Waals surface area contributed by atoms with Gasteiger partial charge in [0.2, 0.25) is 10.0 Å². The van der Waals surface area contributed by atoms with Gasteiger partial charge in [-0.2, -0.15) is 0 Å². The summed E-state index contributed by atoms with van der Waals surface area (Å²) >= 11 is 0. The van der Waals surface area contributed by atoms with E-state index >= 15 is 0 Å². The number of hydrogen-bond donors (Lipinski definition) is 1. The number of nitrogens with one attached hydrogen (secondary N) is 1. The molecule has 1 saturated heterocycles. The molecule has 0 spiro atoms. The lowest BCUT2D eigenvalue weighted by atomic mass is 9.98. The molecule has 0 aliphatic carbocycles. The first-order chi connectivity index (χ1) is 12.8. The fraction of sp³-hybridized carbons (Fsp3) is 0.429. The van der Waals surface area contributed by atoms with Gasteiger partial charge in [-0.05, 0) is 74.1 Å². The molecule has 0 aromatic heterocycles. The molecule has 1 N–H and O–H groups in total. The first-order valence-electron chi connectivity index (χ1n) is 9.39. The van der Waals surface area contributed by atoms with Crippen molar-refractivity contribution in [1.29, 1.82) is 0 Å². The molecule has 0 bridgehead atoms. The van der Waals surface area contributed by atoms with Crippen molar-refractivity contribution in [1.82, 2.24) is 4.72 Å². The number of sulfonamides is 1. The topological polar surface area (TPSA) is 49.4 Å². The Morgan fingerprint density at radius 3 is 2.33 bits per heavy atom. The zero-order valence-corrected chi connectivity index (χ0v) is 16.9. The molecule has 1 heterocycles. The van der Waals surface area contributed by atoms with Crippen molar-refractivity contribution in [2.75, 3.05) is 18.0 Å². The molecular weight excluding hydrogens is 363 g/mol. The molecule has 4 nitrogen and oxygen atoms in total. The van der Waals surface area contributed by atoms with Gasteiger partial charge in [0.25, 0.3) is 0 Å². The molecule has 3 rings (SSSR count). The zero-order valence-electron chi connectivity index (χ0n) is 16.1. The molecule has 2 aromatic rings. The van der Waals surface area contributed by atoms with E-state index in [1.165, 1.54) is 36.7 Å². The Labute approximate surface area is 161 Å². The predicted octanol–water partition coefficient (Wildman–Crippen LogP) is 4.41. The minimum absolute atomic E-state index is 0.0762. The quantitative estimate of drug-likeness (QED) is 0.823. The zero-order chi connectivity index (χ0) is 19.6. The average molecular weight is 391 g/mol. The van der Waals surface area contributed by atoms with E-state index < -0.39 is 15.8 Å². The van der Waals surface area contributed by atoms with Crippen molar-refractivity contribution in [3.05, 3.63) is 59.4 Å². The summed E-state index contributed by atoms with van der Waals surface area (Å²) in [5, 5.41) is 0. The van der Waals surface area contributed by atoms with Gasteiger partial charge >= 0.3 is 0 Å². The predicted molar refractivity (Wildman–Crippen MR) is 107 cm³/mol. The molecule has 0 unspecified atom stereocenters. The summed E-state index contributed by atoms with van der Waals surface area (Å²) in [5.74, 6) is 0.370. The Balaban J connectivity index is 1.70. The maximum Gasteiger partial charge on any atom is 0.241 e. The highest BCUT2D eigenvalue weighted by Gasteiger charge is 2.20. The highest BCUT2D eigenvalue weighted by atomic mass is 32.2. The second-order valence-corrected chi connectivity index (χ2v) is 9.23. The van der Waals surface area contributed by atoms with E-state index in [9.17, 15) is 12.8 Å². The van der Waals surface area contributed by atoms with Crippen LogP contribution in [0.4, 0.5) is 10.1 Å². The molecule has 27 heavy (non-hydrogen) atoms. The van der Waals surface area contributed by atoms with E-state index in [0.717, 1.165) is 24.6 Å². The Morgan fingerprint density at radius 1 is 1.11 bits per heavy atom. The number of nitrogens with zero attached hydrogens (tertiary/aromatic N) is 1. The van der Waals surface area contributed by atoms with Crippen LogP contribution < -0.4 is 9.62 Å². The van der Waals surface area contributed by atoms with E-state index in [4.69, 9.17) is 0 Å². The Hall–Kier alpha value is -1.92. The second kappa shape index (κ2) is 7.98. The van der Waals surface area contributed by atoms with Gasteiger partial charge in [-0.25, -0.2) is 17.5 Å². The Bertz CT molecular complexity index is 889. The third kappa shape index (κ3) is 4.68. The van der Waals surface area contributed by atoms with Crippen LogP contribution in [-0.4, -0.2) is 21.5 Å². The largest absolute Gasteiger partial charge is 0.372 e. The van der Waals surface area contributed by atoms with Crippen molar-refractivity contribution in [3.63, 3.8) is 0 Å². The number of piperidine rings is 1. The van der Waals surface area contributed by atoms with Crippen LogP contribution in [0.15, 0.2) is 47.4 Å². The molecule has 0 amide bonds. The summed E-state index contributed by atoms with van der Waals surface area (Å²) in [6, 6.07) is 11.5. The van der Waals surface area contributed by atoms with Crippen molar-refractivity contribution in [2.24, 2.45) is 5.92 Å². The summed E-state index contributed by atoms with van der Waals surface area (Å²) in [6.45, 7) is 7.78. The van der Waals surface area contributed by atoms with Gasteiger partial charge in [0, 0.05) is 24.8 Å². The highest BCUT2D eigenvalue weighted by molar-refractivity contribution is 7.89. The standard InChI is InChI=1S/C21H27FN2O2S/c1-15-10-12-24(13-11-15)19-6-4-18(5-7-19)17(3)23-27(25,26)20-8-9-21(22)16(2)14-20/h4-9,14-15,17,23H,10-13H2,1-3H3/t17-/m0/s1. The number of halogens is 1. The van der Waals surface area contributed by atoms with E-state index in [2.05, 4.69) is 28.7 Å². The minimum atomic E-state index is -3.71. The van der Waals surface area contributed by atoms with Crippen molar-refractivity contribution in [2.45, 2.75) is 44.6 Å². The average Bonchev–Trinajstić information content (AvgIpc) is 2.64. The van der Waals surface area contributed by atoms with Crippen molar-refractivity contribution < 1.29 is 12.8 Å². The van der Waals surface area contributed by atoms with Gasteiger partial charge < -0.3 is 4.90 Å². The second-order valence-electron chi connectivity index (χ2n) is 7.52. The molecule has 0 saturated carbocycles. The van der Waals surface area contributed by atoms with Crippen LogP contribution in [0, 0.1) is 18.7 Å². The first-order valence-corrected chi connectivity index (χ1v) is 10.9. The van der Waals surface area contributed by atoms with Crippen LogP contribution in [-0.2, 0) is 10.0 Å². The lowest BCUT2D eigenvalue weighted by Crippen LogP contribution is -2.32. The molecule has 6 heteroatoms. The first kappa shape index (κ1) is 19.8. The van der Waals surface area contributed by atoms with Gasteiger partial charge in [-0.3, -0.25) is 0 Å². The summed E-state index contributed by atoms with van der Waals surface area (Å²) in [6.07, 6.45) is 2.41. The SMILES string of the molecule is Cc1cc(S(=O)(=O)N[C@@H](C)c2ccc(N3CCC(C)CC3)cc2)ccc1F. The molecule has 2 aromatic carbocycles. The molecule has 0 radical (unpaired) electrons. The van der Waals surface area contributed by atoms with Gasteiger partial charge in [0.1, 0.15) is 5.82 Å². The molecular formula is C21H27FN2O2S. The van der Waals surface area contributed by atoms with Gasteiger partial charge in [-0.1, -0.05) is 19.1 Å². The molecule has 1 aliphatic rings. The van der Waals surface area contributed by atoms with Crippen molar-refractivity contribution >= 4 is 15.7 Å². The number of anilines is 1. The van der Waals surface area contributed by atoms with Gasteiger partial charge in [0.15, 0.2) is 0 Å². The molecule has 1 atom stereocenters. The van der Waals surface area contributed by atoms with Crippen molar-refractivity contribution in [3.8, 4) is 0 Å². The van der Waals surface area contributed by atoms with Crippen LogP contribution in [0.2, 0.25) is 0 Å². The van der Waals surface area contributed by atoms with Gasteiger partial charge in [0.05, 0.1) is 4.90 Å². The summed E-state index contributed by atoms with van der Waals surface area (Å²) in [5.41, 5.74) is 2.38. The maximum absolute atomic E-state index is 13.4. The van der Waals surface area contributed by atoms with E-state index in [0.29, 0.717) is 5.56 Å². The van der Waals surface area contributed by atoms with E-state index in [-0.39, 0.29) is 10.9 Å². The smallest absolute Gasteiger partial charge is 0.241 e. The highest BCUT2D eigenvalue weighted by Crippen LogP contribution is 2.25. The van der Waals surface area contributed by atoms with Crippen LogP contribution in [0.5, 0.6) is 0 Å². The van der Waals surface area contributed by atoms with Gasteiger partial charge in [-0.15, -0.1) is 0 Å². The monoisotopic (exact) mass is 390 g/mol. The third-order valence-electron chi connectivity index (χ3n) is 5.31. The lowest BCUT2D eigenvalue weighted by molar-refractivity contribution is 0.438. The fourth-order valence-electron chi connectivity index (χ4n) is 3.39. The normalized spacial score (nSPS) is 17.1. The molecule has 146 valence electrons. The summed E-state index contributed by atoms with van der Waals surface area (Å²) in [7, 11) is -3.71. The van der Waals surface area contributed by atoms with Crippen LogP contribution in [0.1, 0.15) is 43.9 Å². The van der Waals surface area contributed by atoms with E-state index in [1.807, 2.05) is 19.1 Å². The third-order valence-corrected chi connectivity index (χ3v) is 6.85. The van der Waals surface area contributed by atoms with E-state index in [1.54, 1.807) is 6.92 Å². The minimum Gasteiger partial charge on any atom is -0.372 e. The Kier molecular flexibility index (Phi) is 5.86. The van der Waals surface area contributed by atoms with Crippen LogP contribution in [0.3, 0.4) is 0 Å². The number of aryl methyl sites for hydroxylation is 1. The fourth-order valence-corrected chi connectivity index (χ4v) is 4.71. The summed E-state index contributed by atoms with van der Waals surface area (Å²) < 4.78 is 41.2. The number of hydrogen-bond acceptors (Lipinski definition) is 3. The molecule has 1 fully saturated rings. The maximum atomic E-state index is 13.4. The number of rotatable bonds is 5. The summed E-state index contributed by atoms with van der Waals surface area (Å²) in [4.78, 5) is 2.45. The number of benzene rings is 2.